The quantitative estimate of drug-likeness (QED) is 0.694. The van der Waals surface area contributed by atoms with Gasteiger partial charge in [0.25, 0.3) is 0 Å². The Kier molecular flexibility index (Phi) is 4.34. The van der Waals surface area contributed by atoms with Crippen LogP contribution in [-0.2, 0) is 6.42 Å². The number of ether oxygens (including phenoxy) is 1. The number of nitrogens with zero attached hydrogens (tertiary/aromatic N) is 2. The second kappa shape index (κ2) is 6.58. The van der Waals surface area contributed by atoms with Gasteiger partial charge in [0, 0.05) is 11.4 Å². The smallest absolute Gasteiger partial charge is 0.320 e. The zero-order valence-electron chi connectivity index (χ0n) is 12.4. The predicted octanol–water partition coefficient (Wildman–Crippen LogP) is 3.65. The van der Waals surface area contributed by atoms with Gasteiger partial charge in [-0.2, -0.15) is 0 Å². The number of methoxy groups -OCH3 is 1. The third kappa shape index (κ3) is 3.73. The molecule has 118 valence electrons. The van der Waals surface area contributed by atoms with Crippen molar-refractivity contribution < 1.29 is 9.15 Å². The number of hydrogen-bond acceptors (Lipinski definition) is 6. The molecule has 23 heavy (non-hydrogen) atoms. The van der Waals surface area contributed by atoms with Crippen LogP contribution in [0.15, 0.2) is 46.9 Å². The number of nitrogens with two attached hydrogens (primary N) is 1. The highest BCUT2D eigenvalue weighted by Gasteiger charge is 2.08. The molecular formula is C16H15ClN4O2. The molecule has 0 aliphatic carbocycles. The van der Waals surface area contributed by atoms with Gasteiger partial charge in [-0.25, -0.2) is 0 Å². The van der Waals surface area contributed by atoms with E-state index in [1.165, 1.54) is 0 Å². The molecule has 3 aromatic rings. The Labute approximate surface area is 138 Å². The summed E-state index contributed by atoms with van der Waals surface area (Å²) in [5, 5.41) is 11.5. The lowest BCUT2D eigenvalue weighted by molar-refractivity contribution is 0.415. The van der Waals surface area contributed by atoms with Crippen molar-refractivity contribution >= 4 is 29.0 Å². The molecular weight excluding hydrogens is 316 g/mol. The van der Waals surface area contributed by atoms with Crippen LogP contribution in [0, 0.1) is 0 Å². The Bertz CT molecular complexity index is 802. The first-order valence-electron chi connectivity index (χ1n) is 6.91. The van der Waals surface area contributed by atoms with Crippen molar-refractivity contribution in [2.24, 2.45) is 0 Å². The van der Waals surface area contributed by atoms with Crippen molar-refractivity contribution in [1.29, 1.82) is 0 Å². The summed E-state index contributed by atoms with van der Waals surface area (Å²) in [5.41, 5.74) is 8.16. The zero-order chi connectivity index (χ0) is 16.2. The lowest BCUT2D eigenvalue weighted by Gasteiger charge is -2.05. The van der Waals surface area contributed by atoms with Gasteiger partial charge in [-0.3, -0.25) is 0 Å². The molecule has 0 amide bonds. The van der Waals surface area contributed by atoms with Crippen LogP contribution in [0.3, 0.4) is 0 Å². The number of benzene rings is 2. The van der Waals surface area contributed by atoms with Crippen molar-refractivity contribution in [2.75, 3.05) is 18.2 Å². The van der Waals surface area contributed by atoms with Crippen molar-refractivity contribution in [3.63, 3.8) is 0 Å². The summed E-state index contributed by atoms with van der Waals surface area (Å²) < 4.78 is 10.7. The fourth-order valence-corrected chi connectivity index (χ4v) is 2.31. The Morgan fingerprint density at radius 2 is 1.96 bits per heavy atom. The number of rotatable bonds is 5. The van der Waals surface area contributed by atoms with E-state index in [0.29, 0.717) is 29.1 Å². The molecule has 0 spiro atoms. The monoisotopic (exact) mass is 330 g/mol. The van der Waals surface area contributed by atoms with Crippen LogP contribution in [-0.4, -0.2) is 17.3 Å². The second-order valence-corrected chi connectivity index (χ2v) is 5.30. The molecule has 0 atom stereocenters. The molecule has 3 N–H and O–H groups in total. The topological polar surface area (TPSA) is 86.2 Å². The van der Waals surface area contributed by atoms with Gasteiger partial charge in [-0.15, -0.1) is 5.10 Å². The SMILES string of the molecule is COc1ccc(Nc2nnc(Cc3ccc(N)cc3)o2)cc1Cl. The van der Waals surface area contributed by atoms with Gasteiger partial charge >= 0.3 is 6.01 Å². The minimum Gasteiger partial charge on any atom is -0.495 e. The molecule has 0 saturated heterocycles. The van der Waals surface area contributed by atoms with E-state index in [1.54, 1.807) is 19.2 Å². The van der Waals surface area contributed by atoms with Crippen LogP contribution in [0.5, 0.6) is 5.75 Å². The van der Waals surface area contributed by atoms with Crippen molar-refractivity contribution in [3.05, 3.63) is 58.9 Å². The Morgan fingerprint density at radius 1 is 1.17 bits per heavy atom. The minimum atomic E-state index is 0.302. The summed E-state index contributed by atoms with van der Waals surface area (Å²) >= 11 is 6.08. The predicted molar refractivity (Wildman–Crippen MR) is 89.2 cm³/mol. The lowest BCUT2D eigenvalue weighted by Crippen LogP contribution is -1.91. The summed E-state index contributed by atoms with van der Waals surface area (Å²) in [4.78, 5) is 0. The first kappa shape index (κ1) is 15.2. The van der Waals surface area contributed by atoms with E-state index in [-0.39, 0.29) is 0 Å². The summed E-state index contributed by atoms with van der Waals surface area (Å²) in [6.07, 6.45) is 0.540. The van der Waals surface area contributed by atoms with Crippen LogP contribution in [0.4, 0.5) is 17.4 Å². The Hall–Kier alpha value is -2.73. The number of halogens is 1. The maximum absolute atomic E-state index is 6.08. The average Bonchev–Trinajstić information content (AvgIpc) is 2.97. The highest BCUT2D eigenvalue weighted by Crippen LogP contribution is 2.28. The number of hydrogen-bond donors (Lipinski definition) is 2. The highest BCUT2D eigenvalue weighted by molar-refractivity contribution is 6.32. The van der Waals surface area contributed by atoms with Gasteiger partial charge < -0.3 is 20.2 Å². The fraction of sp³-hybridized carbons (Fsp3) is 0.125. The Morgan fingerprint density at radius 3 is 2.65 bits per heavy atom. The second-order valence-electron chi connectivity index (χ2n) is 4.89. The zero-order valence-corrected chi connectivity index (χ0v) is 13.2. The molecule has 7 heteroatoms. The minimum absolute atomic E-state index is 0.302. The summed E-state index contributed by atoms with van der Waals surface area (Å²) in [5.74, 6) is 1.11. The van der Waals surface area contributed by atoms with E-state index in [9.17, 15) is 0 Å². The molecule has 2 aromatic carbocycles. The van der Waals surface area contributed by atoms with Crippen molar-refractivity contribution in [1.82, 2.24) is 10.2 Å². The van der Waals surface area contributed by atoms with E-state index < -0.39 is 0 Å². The van der Waals surface area contributed by atoms with Gasteiger partial charge in [0.05, 0.1) is 18.6 Å². The van der Waals surface area contributed by atoms with Gasteiger partial charge in [0.2, 0.25) is 5.89 Å². The number of nitrogen functional groups attached to an aromatic ring is 1. The third-order valence-corrected chi connectivity index (χ3v) is 3.50. The van der Waals surface area contributed by atoms with Crippen molar-refractivity contribution in [2.45, 2.75) is 6.42 Å². The van der Waals surface area contributed by atoms with Crippen LogP contribution >= 0.6 is 11.6 Å². The van der Waals surface area contributed by atoms with E-state index in [1.807, 2.05) is 30.3 Å². The van der Waals surface area contributed by atoms with E-state index in [2.05, 4.69) is 15.5 Å². The molecule has 3 rings (SSSR count). The van der Waals surface area contributed by atoms with Gasteiger partial charge in [-0.05, 0) is 35.9 Å². The van der Waals surface area contributed by atoms with Gasteiger partial charge in [0.1, 0.15) is 5.75 Å². The molecule has 0 bridgehead atoms. The number of aromatic nitrogens is 2. The molecule has 1 aromatic heterocycles. The lowest BCUT2D eigenvalue weighted by atomic mass is 10.1. The standard InChI is InChI=1S/C16H15ClN4O2/c1-22-14-7-6-12(9-13(14)17)19-16-21-20-15(23-16)8-10-2-4-11(18)5-3-10/h2-7,9H,8,18H2,1H3,(H,19,21). The molecule has 1 heterocycles. The molecule has 0 aliphatic heterocycles. The normalized spacial score (nSPS) is 10.5. The molecule has 0 radical (unpaired) electrons. The van der Waals surface area contributed by atoms with Crippen molar-refractivity contribution in [3.8, 4) is 5.75 Å². The summed E-state index contributed by atoms with van der Waals surface area (Å²) in [6, 6.07) is 13.1. The average molecular weight is 331 g/mol. The van der Waals surface area contributed by atoms with Crippen LogP contribution in [0.2, 0.25) is 5.02 Å². The van der Waals surface area contributed by atoms with E-state index in [4.69, 9.17) is 26.5 Å². The number of nitrogens with one attached hydrogen (secondary N) is 1. The fourth-order valence-electron chi connectivity index (χ4n) is 2.05. The van der Waals surface area contributed by atoms with E-state index >= 15 is 0 Å². The van der Waals surface area contributed by atoms with Crippen LogP contribution < -0.4 is 15.8 Å². The molecule has 0 aliphatic rings. The third-order valence-electron chi connectivity index (χ3n) is 3.20. The maximum Gasteiger partial charge on any atom is 0.320 e. The molecule has 0 saturated carbocycles. The molecule has 6 nitrogen and oxygen atoms in total. The summed E-state index contributed by atoms with van der Waals surface area (Å²) in [6.45, 7) is 0. The number of anilines is 3. The first-order valence-corrected chi connectivity index (χ1v) is 7.29. The van der Waals surface area contributed by atoms with Crippen LogP contribution in [0.1, 0.15) is 11.5 Å². The maximum atomic E-state index is 6.08. The Balaban J connectivity index is 1.69. The molecule has 0 fully saturated rings. The highest BCUT2D eigenvalue weighted by atomic mass is 35.5. The van der Waals surface area contributed by atoms with Crippen LogP contribution in [0.25, 0.3) is 0 Å². The van der Waals surface area contributed by atoms with E-state index in [0.717, 1.165) is 16.9 Å². The van der Waals surface area contributed by atoms with Gasteiger partial charge in [-0.1, -0.05) is 28.8 Å². The summed E-state index contributed by atoms with van der Waals surface area (Å²) in [7, 11) is 1.57. The molecule has 0 unspecified atom stereocenters. The first-order chi connectivity index (χ1) is 11.1. The van der Waals surface area contributed by atoms with Gasteiger partial charge in [0.15, 0.2) is 0 Å². The largest absolute Gasteiger partial charge is 0.495 e.